The molecule has 1 aromatic heterocycles. The molecule has 9 heteroatoms. The third-order valence-electron chi connectivity index (χ3n) is 4.16. The van der Waals surface area contributed by atoms with Crippen LogP contribution in [-0.4, -0.2) is 58.5 Å². The van der Waals surface area contributed by atoms with E-state index in [2.05, 4.69) is 20.5 Å². The summed E-state index contributed by atoms with van der Waals surface area (Å²) < 4.78 is 20.3. The van der Waals surface area contributed by atoms with Crippen molar-refractivity contribution in [1.82, 2.24) is 20.1 Å². The Bertz CT molecular complexity index is 744. The summed E-state index contributed by atoms with van der Waals surface area (Å²) in [5, 5.41) is 9.11. The summed E-state index contributed by atoms with van der Waals surface area (Å²) in [6, 6.07) is 4.36. The average Bonchev–Trinajstić information content (AvgIpc) is 3.07. The maximum Gasteiger partial charge on any atom is 0.321 e. The summed E-state index contributed by atoms with van der Waals surface area (Å²) in [4.78, 5) is 19.6. The Morgan fingerprint density at radius 3 is 2.77 bits per heavy atom. The molecule has 2 atom stereocenters. The number of halogens is 1. The maximum atomic E-state index is 14.6. The normalized spacial score (nSPS) is 20.1. The second-order valence-corrected chi connectivity index (χ2v) is 6.55. The zero-order valence-electron chi connectivity index (χ0n) is 15.1. The molecule has 2 heterocycles. The van der Waals surface area contributed by atoms with Crippen LogP contribution >= 0.6 is 0 Å². The summed E-state index contributed by atoms with van der Waals surface area (Å²) in [7, 11) is 1.62. The molecule has 1 aliphatic rings. The van der Waals surface area contributed by atoms with Crippen molar-refractivity contribution >= 4 is 17.4 Å². The van der Waals surface area contributed by atoms with Gasteiger partial charge in [0.15, 0.2) is 0 Å². The average molecular weight is 362 g/mol. The highest BCUT2D eigenvalue weighted by molar-refractivity contribution is 5.89. The fraction of sp³-hybridized carbons (Fsp3) is 0.471. The van der Waals surface area contributed by atoms with Crippen molar-refractivity contribution < 1.29 is 13.9 Å². The number of nitrogens with zero attached hydrogens (tertiary/aromatic N) is 4. The summed E-state index contributed by atoms with van der Waals surface area (Å²) >= 11 is 0. The van der Waals surface area contributed by atoms with Gasteiger partial charge in [-0.15, -0.1) is 0 Å². The van der Waals surface area contributed by atoms with Crippen molar-refractivity contribution in [1.29, 1.82) is 0 Å². The molecule has 0 spiro atoms. The molecule has 0 aliphatic carbocycles. The zero-order valence-corrected chi connectivity index (χ0v) is 15.1. The van der Waals surface area contributed by atoms with Gasteiger partial charge in [0.05, 0.1) is 24.4 Å². The Labute approximate surface area is 151 Å². The van der Waals surface area contributed by atoms with Crippen LogP contribution in [0.1, 0.15) is 19.7 Å². The van der Waals surface area contributed by atoms with Gasteiger partial charge in [-0.1, -0.05) is 0 Å². The Hall–Kier alpha value is -2.68. The molecule has 1 aromatic carbocycles. The monoisotopic (exact) mass is 362 g/mol. The number of ether oxygens (including phenoxy) is 1. The van der Waals surface area contributed by atoms with Gasteiger partial charge < -0.3 is 19.9 Å². The second-order valence-electron chi connectivity index (χ2n) is 6.55. The van der Waals surface area contributed by atoms with Crippen LogP contribution in [0.4, 0.5) is 20.6 Å². The minimum absolute atomic E-state index is 0.0438. The number of hydrogen-bond donors (Lipinski definition) is 2. The van der Waals surface area contributed by atoms with Gasteiger partial charge in [0.2, 0.25) is 0 Å². The molecular weight excluding hydrogens is 339 g/mol. The lowest BCUT2D eigenvalue weighted by Crippen LogP contribution is -2.45. The highest BCUT2D eigenvalue weighted by Gasteiger charge is 2.24. The number of hydrogen-bond acceptors (Lipinski definition) is 5. The third-order valence-corrected chi connectivity index (χ3v) is 4.16. The van der Waals surface area contributed by atoms with Gasteiger partial charge in [0.1, 0.15) is 18.0 Å². The molecular formula is C17H23FN6O2. The van der Waals surface area contributed by atoms with Gasteiger partial charge in [0, 0.05) is 25.8 Å². The molecule has 2 aromatic rings. The van der Waals surface area contributed by atoms with E-state index in [1.807, 2.05) is 18.7 Å². The predicted molar refractivity (Wildman–Crippen MR) is 95.5 cm³/mol. The van der Waals surface area contributed by atoms with Crippen molar-refractivity contribution in [3.8, 4) is 0 Å². The first-order valence-corrected chi connectivity index (χ1v) is 8.48. The van der Waals surface area contributed by atoms with E-state index in [4.69, 9.17) is 4.74 Å². The number of carbonyl (C=O) groups excluding carboxylic acids is 1. The molecule has 2 N–H and O–H groups in total. The smallest absolute Gasteiger partial charge is 0.321 e. The van der Waals surface area contributed by atoms with E-state index in [0.29, 0.717) is 30.3 Å². The Morgan fingerprint density at radius 2 is 2.15 bits per heavy atom. The number of benzene rings is 1. The van der Waals surface area contributed by atoms with Crippen LogP contribution in [0.3, 0.4) is 0 Å². The fourth-order valence-electron chi connectivity index (χ4n) is 3.04. The minimum Gasteiger partial charge on any atom is -0.372 e. The van der Waals surface area contributed by atoms with Crippen LogP contribution in [0.25, 0.3) is 0 Å². The number of aromatic nitrogens is 3. The van der Waals surface area contributed by atoms with E-state index in [0.717, 1.165) is 0 Å². The molecule has 0 unspecified atom stereocenters. The number of carbonyl (C=O) groups is 1. The summed E-state index contributed by atoms with van der Waals surface area (Å²) in [5.41, 5.74) is 0.912. The maximum absolute atomic E-state index is 14.6. The van der Waals surface area contributed by atoms with Gasteiger partial charge in [-0.25, -0.2) is 14.2 Å². The Morgan fingerprint density at radius 1 is 1.42 bits per heavy atom. The predicted octanol–water partition coefficient (Wildman–Crippen LogP) is 2.22. The zero-order chi connectivity index (χ0) is 18.7. The van der Waals surface area contributed by atoms with Gasteiger partial charge in [-0.05, 0) is 32.0 Å². The molecule has 26 heavy (non-hydrogen) atoms. The first-order valence-electron chi connectivity index (χ1n) is 8.48. The third kappa shape index (κ3) is 4.29. The van der Waals surface area contributed by atoms with E-state index >= 15 is 0 Å². The number of nitrogens with one attached hydrogen (secondary N) is 2. The van der Waals surface area contributed by atoms with Crippen LogP contribution < -0.4 is 10.2 Å². The van der Waals surface area contributed by atoms with Crippen molar-refractivity contribution in [3.63, 3.8) is 0 Å². The molecule has 3 rings (SSSR count). The van der Waals surface area contributed by atoms with Crippen molar-refractivity contribution in [3.05, 3.63) is 36.2 Å². The highest BCUT2D eigenvalue weighted by atomic mass is 19.1. The molecule has 8 nitrogen and oxygen atoms in total. The van der Waals surface area contributed by atoms with Crippen LogP contribution in [-0.2, 0) is 11.3 Å². The largest absolute Gasteiger partial charge is 0.372 e. The lowest BCUT2D eigenvalue weighted by atomic mass is 10.2. The van der Waals surface area contributed by atoms with Crippen LogP contribution in [0.2, 0.25) is 0 Å². The first-order chi connectivity index (χ1) is 12.4. The molecule has 1 fully saturated rings. The van der Waals surface area contributed by atoms with Crippen LogP contribution in [0.15, 0.2) is 24.5 Å². The number of aromatic amines is 1. The number of amides is 2. The molecule has 1 aliphatic heterocycles. The van der Waals surface area contributed by atoms with E-state index in [1.165, 1.54) is 17.3 Å². The van der Waals surface area contributed by atoms with Gasteiger partial charge in [-0.3, -0.25) is 5.10 Å². The number of anilines is 2. The van der Waals surface area contributed by atoms with Crippen LogP contribution in [0, 0.1) is 5.82 Å². The van der Waals surface area contributed by atoms with E-state index in [1.54, 1.807) is 19.2 Å². The molecule has 2 amide bonds. The van der Waals surface area contributed by atoms with E-state index in [-0.39, 0.29) is 30.6 Å². The molecule has 140 valence electrons. The minimum atomic E-state index is -0.373. The fourth-order valence-corrected chi connectivity index (χ4v) is 3.04. The number of rotatable bonds is 4. The molecule has 1 saturated heterocycles. The molecule has 0 saturated carbocycles. The standard InChI is InChI=1S/C17H23FN6O2/c1-11-7-24(8-12(2)26-11)15-5-4-13(6-14(15)18)21-17(25)23(3)9-16-19-10-20-22-16/h4-6,10-12H,7-9H2,1-3H3,(H,21,25)(H,19,20,22)/t11-,12-/m0/s1. The second kappa shape index (κ2) is 7.69. The lowest BCUT2D eigenvalue weighted by molar-refractivity contribution is -0.00539. The lowest BCUT2D eigenvalue weighted by Gasteiger charge is -2.37. The summed E-state index contributed by atoms with van der Waals surface area (Å²) in [6.45, 7) is 5.48. The number of H-pyrrole nitrogens is 1. The first kappa shape index (κ1) is 18.1. The highest BCUT2D eigenvalue weighted by Crippen LogP contribution is 2.26. The van der Waals surface area contributed by atoms with Crippen molar-refractivity contribution in [2.75, 3.05) is 30.4 Å². The van der Waals surface area contributed by atoms with E-state index in [9.17, 15) is 9.18 Å². The molecule has 0 bridgehead atoms. The number of urea groups is 1. The summed E-state index contributed by atoms with van der Waals surface area (Å²) in [6.07, 6.45) is 1.47. The SMILES string of the molecule is C[C@H]1CN(c2ccc(NC(=O)N(C)Cc3ncn[nH]3)cc2F)C[C@H](C)O1. The summed E-state index contributed by atoms with van der Waals surface area (Å²) in [5.74, 6) is 0.196. The quantitative estimate of drug-likeness (QED) is 0.871. The topological polar surface area (TPSA) is 86.4 Å². The Balaban J connectivity index is 1.64. The van der Waals surface area contributed by atoms with Gasteiger partial charge >= 0.3 is 6.03 Å². The van der Waals surface area contributed by atoms with Crippen molar-refractivity contribution in [2.45, 2.75) is 32.6 Å². The van der Waals surface area contributed by atoms with Gasteiger partial charge in [0.25, 0.3) is 0 Å². The van der Waals surface area contributed by atoms with Crippen LogP contribution in [0.5, 0.6) is 0 Å². The molecule has 0 radical (unpaired) electrons. The van der Waals surface area contributed by atoms with Crippen molar-refractivity contribution in [2.24, 2.45) is 0 Å². The number of morpholine rings is 1. The van der Waals surface area contributed by atoms with Gasteiger partial charge in [-0.2, -0.15) is 5.10 Å². The van der Waals surface area contributed by atoms with E-state index < -0.39 is 0 Å². The Kier molecular flexibility index (Phi) is 5.36.